The molecule has 0 aromatic heterocycles. The lowest BCUT2D eigenvalue weighted by atomic mass is 9.78. The summed E-state index contributed by atoms with van der Waals surface area (Å²) in [5.41, 5.74) is 0. The number of likely N-dealkylation sites (tertiary alicyclic amines) is 1. The summed E-state index contributed by atoms with van der Waals surface area (Å²) in [4.78, 5) is 2.84. The van der Waals surface area contributed by atoms with Crippen LogP contribution in [0.15, 0.2) is 0 Å². The predicted molar refractivity (Wildman–Crippen MR) is 88.0 cm³/mol. The highest BCUT2D eigenvalue weighted by molar-refractivity contribution is 4.85. The minimum absolute atomic E-state index is 0.630. The second kappa shape index (κ2) is 7.79. The van der Waals surface area contributed by atoms with Crippen molar-refractivity contribution >= 4 is 0 Å². The fourth-order valence-electron chi connectivity index (χ4n) is 4.14. The average molecular weight is 281 g/mol. The fourth-order valence-corrected chi connectivity index (χ4v) is 4.14. The van der Waals surface area contributed by atoms with E-state index in [0.29, 0.717) is 6.04 Å². The van der Waals surface area contributed by atoms with Crippen molar-refractivity contribution in [2.45, 2.75) is 78.3 Å². The van der Waals surface area contributed by atoms with Gasteiger partial charge in [-0.25, -0.2) is 0 Å². The van der Waals surface area contributed by atoms with Crippen LogP contribution in [-0.4, -0.2) is 36.6 Å². The Morgan fingerprint density at radius 1 is 1.05 bits per heavy atom. The van der Waals surface area contributed by atoms with E-state index in [9.17, 15) is 0 Å². The highest BCUT2D eigenvalue weighted by atomic mass is 15.2. The molecule has 1 saturated heterocycles. The van der Waals surface area contributed by atoms with Crippen molar-refractivity contribution in [3.63, 3.8) is 0 Å². The van der Waals surface area contributed by atoms with Crippen LogP contribution in [-0.2, 0) is 0 Å². The Balaban J connectivity index is 1.82. The second-order valence-electron chi connectivity index (χ2n) is 7.89. The van der Waals surface area contributed by atoms with Crippen molar-refractivity contribution in [3.05, 3.63) is 0 Å². The first-order valence-electron chi connectivity index (χ1n) is 9.03. The largest absolute Gasteiger partial charge is 0.314 e. The van der Waals surface area contributed by atoms with Gasteiger partial charge in [-0.3, -0.25) is 0 Å². The second-order valence-corrected chi connectivity index (χ2v) is 7.89. The highest BCUT2D eigenvalue weighted by Crippen LogP contribution is 2.34. The van der Waals surface area contributed by atoms with Crippen molar-refractivity contribution in [1.82, 2.24) is 10.2 Å². The molecule has 0 radical (unpaired) electrons. The molecule has 1 heterocycles. The molecule has 1 saturated carbocycles. The zero-order chi connectivity index (χ0) is 14.5. The lowest BCUT2D eigenvalue weighted by Crippen LogP contribution is -2.47. The summed E-state index contributed by atoms with van der Waals surface area (Å²) in [5.74, 6) is 2.73. The standard InChI is InChI=1S/C18H36N2/c1-14(2)17-8-5-9-18(11-17)20-10-6-7-16(13-20)12-19-15(3)4/h14-19H,5-13H2,1-4H3. The van der Waals surface area contributed by atoms with E-state index in [1.165, 1.54) is 58.2 Å². The maximum Gasteiger partial charge on any atom is 0.00981 e. The molecule has 3 atom stereocenters. The topological polar surface area (TPSA) is 15.3 Å². The van der Waals surface area contributed by atoms with Gasteiger partial charge in [0.15, 0.2) is 0 Å². The van der Waals surface area contributed by atoms with Crippen LogP contribution in [0.1, 0.15) is 66.2 Å². The first-order valence-corrected chi connectivity index (χ1v) is 9.03. The van der Waals surface area contributed by atoms with Crippen molar-refractivity contribution in [2.75, 3.05) is 19.6 Å². The molecule has 1 N–H and O–H groups in total. The lowest BCUT2D eigenvalue weighted by Gasteiger charge is -2.43. The van der Waals surface area contributed by atoms with Gasteiger partial charge in [0.2, 0.25) is 0 Å². The van der Waals surface area contributed by atoms with Crippen LogP contribution >= 0.6 is 0 Å². The molecule has 3 unspecified atom stereocenters. The third-order valence-corrected chi connectivity index (χ3v) is 5.51. The third kappa shape index (κ3) is 4.73. The third-order valence-electron chi connectivity index (χ3n) is 5.51. The van der Waals surface area contributed by atoms with E-state index < -0.39 is 0 Å². The summed E-state index contributed by atoms with van der Waals surface area (Å²) in [5, 5.41) is 3.64. The van der Waals surface area contributed by atoms with E-state index >= 15 is 0 Å². The molecule has 0 bridgehead atoms. The van der Waals surface area contributed by atoms with Gasteiger partial charge in [-0.1, -0.05) is 40.5 Å². The summed E-state index contributed by atoms with van der Waals surface area (Å²) in [6.07, 6.45) is 8.68. The monoisotopic (exact) mass is 280 g/mol. The highest BCUT2D eigenvalue weighted by Gasteiger charge is 2.31. The van der Waals surface area contributed by atoms with E-state index in [4.69, 9.17) is 0 Å². The smallest absolute Gasteiger partial charge is 0.00981 e. The van der Waals surface area contributed by atoms with Crippen LogP contribution in [0.3, 0.4) is 0 Å². The molecule has 1 aliphatic heterocycles. The first-order chi connectivity index (χ1) is 9.56. The molecule has 0 aromatic carbocycles. The van der Waals surface area contributed by atoms with Gasteiger partial charge in [0.25, 0.3) is 0 Å². The van der Waals surface area contributed by atoms with Crippen LogP contribution < -0.4 is 5.32 Å². The molecular weight excluding hydrogens is 244 g/mol. The van der Waals surface area contributed by atoms with Gasteiger partial charge in [0.05, 0.1) is 0 Å². The summed E-state index contributed by atoms with van der Waals surface area (Å²) >= 11 is 0. The van der Waals surface area contributed by atoms with Crippen LogP contribution in [0, 0.1) is 17.8 Å². The summed E-state index contributed by atoms with van der Waals surface area (Å²) in [6.45, 7) is 13.3. The summed E-state index contributed by atoms with van der Waals surface area (Å²) < 4.78 is 0. The first kappa shape index (κ1) is 16.3. The predicted octanol–water partition coefficient (Wildman–Crippen LogP) is 3.91. The number of hydrogen-bond donors (Lipinski definition) is 1. The van der Waals surface area contributed by atoms with Gasteiger partial charge < -0.3 is 10.2 Å². The van der Waals surface area contributed by atoms with Crippen molar-refractivity contribution in [2.24, 2.45) is 17.8 Å². The quantitative estimate of drug-likeness (QED) is 0.821. The van der Waals surface area contributed by atoms with Crippen LogP contribution in [0.25, 0.3) is 0 Å². The number of nitrogens with one attached hydrogen (secondary N) is 1. The Labute approximate surface area is 126 Å². The molecule has 1 aliphatic carbocycles. The van der Waals surface area contributed by atoms with Gasteiger partial charge in [0.1, 0.15) is 0 Å². The molecular formula is C18H36N2. The van der Waals surface area contributed by atoms with E-state index in [1.807, 2.05) is 0 Å². The Morgan fingerprint density at radius 2 is 1.85 bits per heavy atom. The van der Waals surface area contributed by atoms with Crippen molar-refractivity contribution in [1.29, 1.82) is 0 Å². The molecule has 118 valence electrons. The van der Waals surface area contributed by atoms with Crippen LogP contribution in [0.4, 0.5) is 0 Å². The van der Waals surface area contributed by atoms with Crippen LogP contribution in [0.5, 0.6) is 0 Å². The van der Waals surface area contributed by atoms with E-state index in [1.54, 1.807) is 0 Å². The molecule has 20 heavy (non-hydrogen) atoms. The molecule has 2 aliphatic rings. The Bertz CT molecular complexity index is 275. The Kier molecular flexibility index (Phi) is 6.35. The fraction of sp³-hybridized carbons (Fsp3) is 1.00. The van der Waals surface area contributed by atoms with Crippen molar-refractivity contribution in [3.8, 4) is 0 Å². The molecule has 2 nitrogen and oxygen atoms in total. The average Bonchev–Trinajstić information content (AvgIpc) is 2.45. The number of nitrogens with zero attached hydrogens (tertiary/aromatic N) is 1. The van der Waals surface area contributed by atoms with Crippen LogP contribution in [0.2, 0.25) is 0 Å². The van der Waals surface area contributed by atoms with Gasteiger partial charge >= 0.3 is 0 Å². The van der Waals surface area contributed by atoms with Crippen molar-refractivity contribution < 1.29 is 0 Å². The van der Waals surface area contributed by atoms with Gasteiger partial charge in [0, 0.05) is 18.6 Å². The summed E-state index contributed by atoms with van der Waals surface area (Å²) in [6, 6.07) is 1.52. The molecule has 2 heteroatoms. The van der Waals surface area contributed by atoms with E-state index in [0.717, 1.165) is 23.8 Å². The zero-order valence-corrected chi connectivity index (χ0v) is 14.2. The number of rotatable bonds is 5. The SMILES string of the molecule is CC(C)NCC1CCCN(C2CCCC(C(C)C)C2)C1. The van der Waals surface area contributed by atoms with Gasteiger partial charge in [-0.05, 0) is 56.5 Å². The lowest BCUT2D eigenvalue weighted by molar-refractivity contribution is 0.0723. The molecule has 0 amide bonds. The number of piperidine rings is 1. The molecule has 2 rings (SSSR count). The minimum Gasteiger partial charge on any atom is -0.314 e. The van der Waals surface area contributed by atoms with Gasteiger partial charge in [-0.15, -0.1) is 0 Å². The Morgan fingerprint density at radius 3 is 2.55 bits per heavy atom. The maximum atomic E-state index is 3.64. The molecule has 0 spiro atoms. The normalized spacial score (nSPS) is 33.0. The minimum atomic E-state index is 0.630. The zero-order valence-electron chi connectivity index (χ0n) is 14.2. The van der Waals surface area contributed by atoms with Gasteiger partial charge in [-0.2, -0.15) is 0 Å². The molecule has 2 fully saturated rings. The van der Waals surface area contributed by atoms with E-state index in [2.05, 4.69) is 37.9 Å². The number of hydrogen-bond acceptors (Lipinski definition) is 2. The Hall–Kier alpha value is -0.0800. The molecule has 0 aromatic rings. The van der Waals surface area contributed by atoms with E-state index in [-0.39, 0.29) is 0 Å². The summed E-state index contributed by atoms with van der Waals surface area (Å²) in [7, 11) is 0. The maximum absolute atomic E-state index is 3.64.